The molecule has 2 N–H and O–H groups in total. The highest BCUT2D eigenvalue weighted by Gasteiger charge is 2.23. The summed E-state index contributed by atoms with van der Waals surface area (Å²) in [5, 5.41) is 13.8. The van der Waals surface area contributed by atoms with Gasteiger partial charge in [-0.05, 0) is 70.6 Å². The number of unbranched alkanes of at least 4 members (excludes halogenated alkanes) is 28. The highest BCUT2D eigenvalue weighted by Crippen LogP contribution is 2.38. The number of rotatable bonds is 53. The number of quaternary nitrogens is 1. The number of carbonyl (C=O) groups excluding carboxylic acids is 1. The lowest BCUT2D eigenvalue weighted by Crippen LogP contribution is -2.45. The predicted octanol–water partition coefficient (Wildman–Crippen LogP) is 17.4. The molecule has 0 aliphatic heterocycles. The van der Waals surface area contributed by atoms with E-state index in [2.05, 4.69) is 92.1 Å². The maximum absolute atomic E-state index is 12.9. The molecule has 0 aromatic heterocycles. The fourth-order valence-electron chi connectivity index (χ4n) is 8.28. The second kappa shape index (κ2) is 52.5. The molecule has 1 amide bonds. The van der Waals surface area contributed by atoms with Gasteiger partial charge in [-0.15, -0.1) is 0 Å². The maximum atomic E-state index is 12.9. The van der Waals surface area contributed by atoms with E-state index in [0.29, 0.717) is 17.4 Å². The van der Waals surface area contributed by atoms with Crippen molar-refractivity contribution in [2.75, 3.05) is 40.9 Å². The van der Waals surface area contributed by atoms with Gasteiger partial charge in [0, 0.05) is 6.42 Å². The first-order valence-electron chi connectivity index (χ1n) is 29.4. The van der Waals surface area contributed by atoms with Gasteiger partial charge in [0.2, 0.25) is 5.91 Å². The molecule has 0 radical (unpaired) electrons. The molecule has 0 heterocycles. The third-order valence-corrected chi connectivity index (χ3v) is 13.8. The smallest absolute Gasteiger partial charge is 0.268 e. The zero-order valence-corrected chi connectivity index (χ0v) is 47.8. The van der Waals surface area contributed by atoms with Crippen LogP contribution in [0.5, 0.6) is 0 Å². The molecule has 3 unspecified atom stereocenters. The van der Waals surface area contributed by atoms with E-state index in [1.165, 1.54) is 154 Å². The molecule has 0 saturated heterocycles. The van der Waals surface area contributed by atoms with Gasteiger partial charge in [0.05, 0.1) is 39.9 Å². The number of aliphatic hydroxyl groups excluding tert-OH is 1. The van der Waals surface area contributed by atoms with Crippen molar-refractivity contribution in [3.05, 3.63) is 85.1 Å². The van der Waals surface area contributed by atoms with Gasteiger partial charge in [0.1, 0.15) is 13.2 Å². The first-order valence-corrected chi connectivity index (χ1v) is 30.9. The second-order valence-electron chi connectivity index (χ2n) is 21.0. The van der Waals surface area contributed by atoms with Crippen LogP contribution in [0.25, 0.3) is 0 Å². The number of allylic oxidation sites excluding steroid dienone is 13. The Hall–Kier alpha value is -2.32. The first-order chi connectivity index (χ1) is 34.5. The van der Waals surface area contributed by atoms with E-state index < -0.39 is 20.0 Å². The van der Waals surface area contributed by atoms with Gasteiger partial charge in [-0.2, -0.15) is 0 Å². The summed E-state index contributed by atoms with van der Waals surface area (Å²) in [5.41, 5.74) is 0. The number of hydrogen-bond donors (Lipinski definition) is 2. The summed E-state index contributed by atoms with van der Waals surface area (Å²) in [6.07, 6.45) is 74.0. The lowest BCUT2D eigenvalue weighted by atomic mass is 10.0. The van der Waals surface area contributed by atoms with Crippen LogP contribution in [0.3, 0.4) is 0 Å². The van der Waals surface area contributed by atoms with Crippen LogP contribution in [-0.2, 0) is 18.4 Å². The SMILES string of the molecule is CC/C=C\C/C=C\C/C=C\C/C=C\C/C=C\C/C=C\CCCCCCCCCCCCCCCCCCCCCCC(=O)NC(COP(=O)([O-])OCC[N+](C)(C)C)C(O)/C=C/CCCCCCCCCC. The number of nitrogens with zero attached hydrogens (tertiary/aromatic N) is 1. The van der Waals surface area contributed by atoms with Gasteiger partial charge < -0.3 is 28.8 Å². The van der Waals surface area contributed by atoms with Crippen molar-refractivity contribution in [1.29, 1.82) is 0 Å². The van der Waals surface area contributed by atoms with Crippen LogP contribution in [0.2, 0.25) is 0 Å². The van der Waals surface area contributed by atoms with Crippen LogP contribution in [0, 0.1) is 0 Å². The third-order valence-electron chi connectivity index (χ3n) is 12.9. The van der Waals surface area contributed by atoms with Crippen LogP contribution in [0.4, 0.5) is 0 Å². The number of nitrogens with one attached hydrogen (secondary N) is 1. The molecule has 0 aromatic carbocycles. The lowest BCUT2D eigenvalue weighted by molar-refractivity contribution is -0.870. The van der Waals surface area contributed by atoms with Gasteiger partial charge >= 0.3 is 0 Å². The van der Waals surface area contributed by atoms with Crippen molar-refractivity contribution < 1.29 is 32.9 Å². The van der Waals surface area contributed by atoms with E-state index in [-0.39, 0.29) is 19.1 Å². The molecule has 0 spiro atoms. The zero-order valence-electron chi connectivity index (χ0n) is 46.9. The number of hydrogen-bond acceptors (Lipinski definition) is 6. The molecule has 3 atom stereocenters. The summed E-state index contributed by atoms with van der Waals surface area (Å²) >= 11 is 0. The number of carbonyl (C=O) groups is 1. The number of likely N-dealkylation sites (N-methyl/N-ethyl adjacent to an activating group) is 1. The topological polar surface area (TPSA) is 108 Å². The molecule has 71 heavy (non-hydrogen) atoms. The first kappa shape index (κ1) is 68.7. The molecule has 0 bridgehead atoms. The van der Waals surface area contributed by atoms with E-state index in [4.69, 9.17) is 9.05 Å². The summed E-state index contributed by atoms with van der Waals surface area (Å²) in [4.78, 5) is 25.4. The Kier molecular flexibility index (Phi) is 50.8. The average Bonchev–Trinajstić information content (AvgIpc) is 3.33. The molecular formula is C62H113N2O6P. The molecular weight excluding hydrogens is 900 g/mol. The Morgan fingerprint density at radius 3 is 1.25 bits per heavy atom. The standard InChI is InChI=1S/C62H113N2O6P/c1-6-8-10-12-14-16-18-19-20-21-22-23-24-25-26-27-28-29-30-31-32-33-34-35-36-37-38-39-40-41-42-43-44-45-46-48-50-52-54-56-62(66)63-60(59-70-71(67,68)69-58-57-64(3,4)5)61(65)55-53-51-49-47-17-15-13-11-9-7-2/h8,10,14,16,19-20,22-23,25-26,28-29,53,55,60-61,65H,6-7,9,11-13,15,17-18,21,24,27,30-52,54,56-59H2,1-5H3,(H-,63,66,67,68)/b10-8-,16-14-,20-19-,23-22-,26-25-,29-28-,55-53+. The number of amides is 1. The molecule has 9 heteroatoms. The number of phosphoric ester groups is 1. The third kappa shape index (κ3) is 55.3. The van der Waals surface area contributed by atoms with Crippen LogP contribution in [-0.4, -0.2) is 68.5 Å². The fourth-order valence-corrected chi connectivity index (χ4v) is 9.00. The minimum Gasteiger partial charge on any atom is -0.756 e. The lowest BCUT2D eigenvalue weighted by Gasteiger charge is -2.29. The van der Waals surface area contributed by atoms with E-state index in [0.717, 1.165) is 77.0 Å². The average molecular weight is 1010 g/mol. The van der Waals surface area contributed by atoms with E-state index >= 15 is 0 Å². The van der Waals surface area contributed by atoms with Crippen molar-refractivity contribution in [3.8, 4) is 0 Å². The van der Waals surface area contributed by atoms with E-state index in [1.54, 1.807) is 6.08 Å². The molecule has 0 fully saturated rings. The minimum absolute atomic E-state index is 0.00203. The summed E-state index contributed by atoms with van der Waals surface area (Å²) in [6, 6.07) is -0.886. The molecule has 0 aliphatic carbocycles. The van der Waals surface area contributed by atoms with Crippen molar-refractivity contribution >= 4 is 13.7 Å². The molecule has 412 valence electrons. The normalized spacial score (nSPS) is 14.5. The van der Waals surface area contributed by atoms with Gasteiger partial charge in [0.15, 0.2) is 0 Å². The monoisotopic (exact) mass is 1010 g/mol. The Bertz CT molecular complexity index is 1430. The van der Waals surface area contributed by atoms with Crippen molar-refractivity contribution in [3.63, 3.8) is 0 Å². The highest BCUT2D eigenvalue weighted by atomic mass is 31.2. The number of aliphatic hydroxyl groups is 1. The zero-order chi connectivity index (χ0) is 52.0. The quantitative estimate of drug-likeness (QED) is 0.0272. The van der Waals surface area contributed by atoms with Gasteiger partial charge in [-0.3, -0.25) is 9.36 Å². The van der Waals surface area contributed by atoms with Crippen LogP contribution >= 0.6 is 7.82 Å². The second-order valence-corrected chi connectivity index (χ2v) is 22.4. The van der Waals surface area contributed by atoms with Crippen molar-refractivity contribution in [2.24, 2.45) is 0 Å². The summed E-state index contributed by atoms with van der Waals surface area (Å²) < 4.78 is 23.2. The van der Waals surface area contributed by atoms with Crippen LogP contribution in [0.15, 0.2) is 85.1 Å². The molecule has 0 saturated carbocycles. The van der Waals surface area contributed by atoms with E-state index in [1.807, 2.05) is 27.2 Å². The largest absolute Gasteiger partial charge is 0.756 e. The van der Waals surface area contributed by atoms with Crippen LogP contribution in [0.1, 0.15) is 251 Å². The fraction of sp³-hybridized carbons (Fsp3) is 0.758. The van der Waals surface area contributed by atoms with Crippen molar-refractivity contribution in [1.82, 2.24) is 5.32 Å². The molecule has 8 nitrogen and oxygen atoms in total. The van der Waals surface area contributed by atoms with Gasteiger partial charge in [-0.25, -0.2) is 0 Å². The summed E-state index contributed by atoms with van der Waals surface area (Å²) in [6.45, 7) is 4.51. The summed E-state index contributed by atoms with van der Waals surface area (Å²) in [5.74, 6) is -0.199. The molecule has 0 aromatic rings. The Labute approximate surface area is 439 Å². The van der Waals surface area contributed by atoms with E-state index in [9.17, 15) is 19.4 Å². The molecule has 0 aliphatic rings. The van der Waals surface area contributed by atoms with Gasteiger partial charge in [0.25, 0.3) is 7.82 Å². The molecule has 0 rings (SSSR count). The Balaban J connectivity index is 3.89. The maximum Gasteiger partial charge on any atom is 0.268 e. The number of phosphoric acid groups is 1. The summed E-state index contributed by atoms with van der Waals surface area (Å²) in [7, 11) is 1.26. The Morgan fingerprint density at radius 2 is 0.859 bits per heavy atom. The Morgan fingerprint density at radius 1 is 0.507 bits per heavy atom. The highest BCUT2D eigenvalue weighted by molar-refractivity contribution is 7.45. The minimum atomic E-state index is -4.59. The van der Waals surface area contributed by atoms with Gasteiger partial charge in [-0.1, -0.05) is 259 Å². The van der Waals surface area contributed by atoms with Crippen molar-refractivity contribution in [2.45, 2.75) is 264 Å². The van der Waals surface area contributed by atoms with Crippen LogP contribution < -0.4 is 10.2 Å². The predicted molar refractivity (Wildman–Crippen MR) is 307 cm³/mol.